The monoisotopic (exact) mass is 357 g/mol. The Hall–Kier alpha value is -2.14. The summed E-state index contributed by atoms with van der Waals surface area (Å²) in [5.41, 5.74) is 2.07. The van der Waals surface area contributed by atoms with Crippen LogP contribution in [0.15, 0.2) is 41.8 Å². The lowest BCUT2D eigenvalue weighted by Gasteiger charge is -2.23. The minimum atomic E-state index is -0.0440. The molecule has 0 aliphatic heterocycles. The molecule has 0 fully saturated rings. The van der Waals surface area contributed by atoms with E-state index in [9.17, 15) is 4.79 Å². The van der Waals surface area contributed by atoms with Crippen molar-refractivity contribution in [2.45, 2.75) is 33.7 Å². The van der Waals surface area contributed by atoms with Crippen molar-refractivity contribution in [1.29, 1.82) is 0 Å². The lowest BCUT2D eigenvalue weighted by atomic mass is 10.2. The molecule has 2 amide bonds. The zero-order valence-corrected chi connectivity index (χ0v) is 16.1. The quantitative estimate of drug-likeness (QED) is 0.751. The summed E-state index contributed by atoms with van der Waals surface area (Å²) < 4.78 is 0. The SMILES string of the molecule is CCc1nc(CNC(=O)N(CC=Cc2ccccc2)CC(C)C)cs1. The molecule has 1 aromatic carbocycles. The summed E-state index contributed by atoms with van der Waals surface area (Å²) in [7, 11) is 0. The molecule has 25 heavy (non-hydrogen) atoms. The van der Waals surface area contributed by atoms with Crippen LogP contribution in [0.25, 0.3) is 6.08 Å². The molecule has 5 heteroatoms. The van der Waals surface area contributed by atoms with Crippen LogP contribution < -0.4 is 5.32 Å². The number of amides is 2. The first-order valence-electron chi connectivity index (χ1n) is 8.76. The molecule has 134 valence electrons. The number of nitrogens with one attached hydrogen (secondary N) is 1. The molecule has 0 bridgehead atoms. The average Bonchev–Trinajstić information content (AvgIpc) is 3.07. The van der Waals surface area contributed by atoms with Gasteiger partial charge in [0.05, 0.1) is 17.2 Å². The van der Waals surface area contributed by atoms with Crippen LogP contribution in [0.2, 0.25) is 0 Å². The second-order valence-corrected chi connectivity index (χ2v) is 7.30. The van der Waals surface area contributed by atoms with Crippen molar-refractivity contribution in [3.05, 3.63) is 58.1 Å². The molecule has 1 heterocycles. The van der Waals surface area contributed by atoms with Gasteiger partial charge in [-0.2, -0.15) is 0 Å². The average molecular weight is 358 g/mol. The van der Waals surface area contributed by atoms with Crippen molar-refractivity contribution in [2.24, 2.45) is 5.92 Å². The summed E-state index contributed by atoms with van der Waals surface area (Å²) in [6, 6.07) is 10.1. The standard InChI is InChI=1S/C20H27N3OS/c1-4-19-22-18(15-25-19)13-21-20(24)23(14-16(2)3)12-8-11-17-9-6-5-7-10-17/h5-11,15-16H,4,12-14H2,1-3H3,(H,21,24). The summed E-state index contributed by atoms with van der Waals surface area (Å²) in [5.74, 6) is 0.418. The molecule has 0 radical (unpaired) electrons. The topological polar surface area (TPSA) is 45.2 Å². The van der Waals surface area contributed by atoms with Gasteiger partial charge in [0.25, 0.3) is 0 Å². The molecule has 0 atom stereocenters. The number of rotatable bonds is 8. The number of carbonyl (C=O) groups is 1. The van der Waals surface area contributed by atoms with E-state index in [-0.39, 0.29) is 6.03 Å². The zero-order chi connectivity index (χ0) is 18.1. The van der Waals surface area contributed by atoms with Crippen LogP contribution in [0.5, 0.6) is 0 Å². The van der Waals surface area contributed by atoms with E-state index in [0.717, 1.165) is 29.2 Å². The molecule has 0 saturated carbocycles. The predicted molar refractivity (Wildman–Crippen MR) is 106 cm³/mol. The third-order valence-corrected chi connectivity index (χ3v) is 4.67. The molecule has 0 aliphatic rings. The lowest BCUT2D eigenvalue weighted by molar-refractivity contribution is 0.196. The van der Waals surface area contributed by atoms with Crippen molar-refractivity contribution < 1.29 is 4.79 Å². The van der Waals surface area contributed by atoms with Gasteiger partial charge in [-0.15, -0.1) is 11.3 Å². The second kappa shape index (κ2) is 9.99. The fourth-order valence-electron chi connectivity index (χ4n) is 2.43. The van der Waals surface area contributed by atoms with E-state index in [1.54, 1.807) is 11.3 Å². The fourth-order valence-corrected chi connectivity index (χ4v) is 3.18. The number of carbonyl (C=O) groups excluding carboxylic acids is 1. The van der Waals surface area contributed by atoms with E-state index in [1.165, 1.54) is 0 Å². The Morgan fingerprint density at radius 2 is 2.08 bits per heavy atom. The molecule has 2 rings (SSSR count). The van der Waals surface area contributed by atoms with Gasteiger partial charge < -0.3 is 10.2 Å². The van der Waals surface area contributed by atoms with E-state index in [0.29, 0.717) is 19.0 Å². The minimum Gasteiger partial charge on any atom is -0.332 e. The smallest absolute Gasteiger partial charge is 0.318 e. The van der Waals surface area contributed by atoms with Crippen LogP contribution in [-0.2, 0) is 13.0 Å². The van der Waals surface area contributed by atoms with E-state index in [4.69, 9.17) is 0 Å². The van der Waals surface area contributed by atoms with Gasteiger partial charge >= 0.3 is 6.03 Å². The highest BCUT2D eigenvalue weighted by Gasteiger charge is 2.13. The fraction of sp³-hybridized carbons (Fsp3) is 0.400. The highest BCUT2D eigenvalue weighted by Crippen LogP contribution is 2.10. The number of aryl methyl sites for hydroxylation is 1. The molecule has 1 aromatic heterocycles. The van der Waals surface area contributed by atoms with Crippen LogP contribution in [0.1, 0.15) is 37.0 Å². The molecule has 4 nitrogen and oxygen atoms in total. The molecule has 2 aromatic rings. The van der Waals surface area contributed by atoms with Crippen molar-refractivity contribution in [1.82, 2.24) is 15.2 Å². The van der Waals surface area contributed by atoms with Crippen LogP contribution >= 0.6 is 11.3 Å². The van der Waals surface area contributed by atoms with Crippen molar-refractivity contribution in [2.75, 3.05) is 13.1 Å². The summed E-state index contributed by atoms with van der Waals surface area (Å²) in [6.45, 7) is 8.12. The Bertz CT molecular complexity index is 679. The van der Waals surface area contributed by atoms with E-state index in [2.05, 4.69) is 49.3 Å². The normalized spacial score (nSPS) is 11.2. The first-order valence-corrected chi connectivity index (χ1v) is 9.64. The van der Waals surface area contributed by atoms with Crippen LogP contribution in [0, 0.1) is 5.92 Å². The van der Waals surface area contributed by atoms with Gasteiger partial charge in [0.15, 0.2) is 0 Å². The molecule has 0 spiro atoms. The van der Waals surface area contributed by atoms with Gasteiger partial charge in [-0.3, -0.25) is 0 Å². The Labute approximate surface area is 154 Å². The van der Waals surface area contributed by atoms with Gasteiger partial charge in [0.1, 0.15) is 0 Å². The van der Waals surface area contributed by atoms with Gasteiger partial charge in [-0.1, -0.05) is 63.3 Å². The number of nitrogens with zero attached hydrogens (tertiary/aromatic N) is 2. The Morgan fingerprint density at radius 3 is 2.72 bits per heavy atom. The third kappa shape index (κ3) is 6.70. The van der Waals surface area contributed by atoms with Gasteiger partial charge in [0.2, 0.25) is 0 Å². The van der Waals surface area contributed by atoms with Crippen LogP contribution in [0.4, 0.5) is 4.79 Å². The first kappa shape index (κ1) is 19.2. The van der Waals surface area contributed by atoms with E-state index < -0.39 is 0 Å². The van der Waals surface area contributed by atoms with Crippen LogP contribution in [0.3, 0.4) is 0 Å². The summed E-state index contributed by atoms with van der Waals surface area (Å²) in [4.78, 5) is 18.9. The molecule has 0 saturated heterocycles. The zero-order valence-electron chi connectivity index (χ0n) is 15.2. The molecule has 0 aliphatic carbocycles. The van der Waals surface area contributed by atoms with Crippen molar-refractivity contribution >= 4 is 23.4 Å². The van der Waals surface area contributed by atoms with Crippen molar-refractivity contribution in [3.63, 3.8) is 0 Å². The van der Waals surface area contributed by atoms with Gasteiger partial charge in [0, 0.05) is 18.5 Å². The number of aromatic nitrogens is 1. The third-order valence-electron chi connectivity index (χ3n) is 3.63. The predicted octanol–water partition coefficient (Wildman–Crippen LogP) is 4.59. The maximum atomic E-state index is 12.5. The largest absolute Gasteiger partial charge is 0.332 e. The van der Waals surface area contributed by atoms with Crippen molar-refractivity contribution in [3.8, 4) is 0 Å². The Balaban J connectivity index is 1.90. The number of thiazole rings is 1. The summed E-state index contributed by atoms with van der Waals surface area (Å²) in [6.07, 6.45) is 5.02. The van der Waals surface area contributed by atoms with Gasteiger partial charge in [-0.25, -0.2) is 9.78 Å². The van der Waals surface area contributed by atoms with Crippen LogP contribution in [-0.4, -0.2) is 29.0 Å². The van der Waals surface area contributed by atoms with E-state index >= 15 is 0 Å². The highest BCUT2D eigenvalue weighted by atomic mass is 32.1. The number of hydrogen-bond donors (Lipinski definition) is 1. The summed E-state index contributed by atoms with van der Waals surface area (Å²) in [5, 5.41) is 6.11. The maximum absolute atomic E-state index is 12.5. The minimum absolute atomic E-state index is 0.0440. The Kier molecular flexibility index (Phi) is 7.67. The molecule has 0 unspecified atom stereocenters. The molecule has 1 N–H and O–H groups in total. The maximum Gasteiger partial charge on any atom is 0.318 e. The molecular formula is C20H27N3OS. The number of benzene rings is 1. The first-order chi connectivity index (χ1) is 12.1. The number of urea groups is 1. The summed E-state index contributed by atoms with van der Waals surface area (Å²) >= 11 is 1.64. The lowest BCUT2D eigenvalue weighted by Crippen LogP contribution is -2.41. The van der Waals surface area contributed by atoms with E-state index in [1.807, 2.05) is 34.6 Å². The van der Waals surface area contributed by atoms with Gasteiger partial charge in [-0.05, 0) is 17.9 Å². The Morgan fingerprint density at radius 1 is 1.32 bits per heavy atom. The number of hydrogen-bond acceptors (Lipinski definition) is 3. The molecular weight excluding hydrogens is 330 g/mol. The highest BCUT2D eigenvalue weighted by molar-refractivity contribution is 7.09. The second-order valence-electron chi connectivity index (χ2n) is 6.36.